The smallest absolute Gasteiger partial charge is 0.263 e. The number of amides is 5. The highest BCUT2D eigenvalue weighted by Crippen LogP contribution is 2.39. The van der Waals surface area contributed by atoms with Gasteiger partial charge < -0.3 is 39.0 Å². The molecule has 0 saturated carbocycles. The number of halogens is 1. The largest absolute Gasteiger partial charge is 0.495 e. The van der Waals surface area contributed by atoms with Gasteiger partial charge in [-0.2, -0.15) is 4.98 Å². The number of anilines is 4. The second kappa shape index (κ2) is 22.2. The number of carbonyl (C=O) groups is 5. The minimum Gasteiger partial charge on any atom is -0.495 e. The van der Waals surface area contributed by atoms with Crippen molar-refractivity contribution in [3.05, 3.63) is 93.6 Å². The van der Waals surface area contributed by atoms with Crippen molar-refractivity contribution >= 4 is 76.7 Å². The van der Waals surface area contributed by atoms with Gasteiger partial charge in [-0.3, -0.25) is 34.2 Å². The molecule has 1 atom stereocenters. The lowest BCUT2D eigenvalue weighted by atomic mass is 10.0. The van der Waals surface area contributed by atoms with Crippen LogP contribution in [0.3, 0.4) is 0 Å². The maximum absolute atomic E-state index is 13.2. The molecule has 0 aliphatic carbocycles. The van der Waals surface area contributed by atoms with E-state index in [1.807, 2.05) is 43.3 Å². The fourth-order valence-corrected chi connectivity index (χ4v) is 8.45. The molecule has 6 rings (SSSR count). The predicted octanol–water partition coefficient (Wildman–Crippen LogP) is 5.08. The number of para-hydroxylation sites is 1. The number of piperidine rings is 1. The highest BCUT2D eigenvalue weighted by atomic mass is 35.5. The molecule has 1 fully saturated rings. The summed E-state index contributed by atoms with van der Waals surface area (Å²) in [7, 11) is 0.747. The van der Waals surface area contributed by atoms with Gasteiger partial charge in [0.05, 0.1) is 75.3 Å². The van der Waals surface area contributed by atoms with Gasteiger partial charge in [-0.1, -0.05) is 41.6 Å². The third kappa shape index (κ3) is 12.4. The molecule has 2 aliphatic rings. The lowest BCUT2D eigenvalue weighted by Gasteiger charge is -2.27. The summed E-state index contributed by atoms with van der Waals surface area (Å²) in [5, 5.41) is 9.59. The number of rotatable bonds is 20. The van der Waals surface area contributed by atoms with Crippen LogP contribution in [0.25, 0.3) is 0 Å². The predicted molar refractivity (Wildman–Crippen MR) is 245 cm³/mol. The second-order valence-corrected chi connectivity index (χ2v) is 19.1. The molecule has 0 radical (unpaired) electrons. The summed E-state index contributed by atoms with van der Waals surface area (Å²) < 4.78 is 35.3. The molecule has 1 unspecified atom stereocenters. The first-order chi connectivity index (χ1) is 31.2. The van der Waals surface area contributed by atoms with Crippen LogP contribution in [0.15, 0.2) is 60.8 Å². The van der Waals surface area contributed by atoms with Gasteiger partial charge in [0.15, 0.2) is 5.82 Å². The number of nitrogens with zero attached hydrogens (tertiary/aromatic N) is 4. The zero-order valence-electron chi connectivity index (χ0n) is 36.8. The molecule has 4 aromatic rings. The normalized spacial score (nSPS) is 14.7. The van der Waals surface area contributed by atoms with E-state index in [4.69, 9.17) is 30.5 Å². The number of hydrogen-bond donors (Lipinski definition) is 3. The van der Waals surface area contributed by atoms with Crippen molar-refractivity contribution in [2.45, 2.75) is 38.6 Å². The van der Waals surface area contributed by atoms with Gasteiger partial charge in [-0.05, 0) is 80.6 Å². The van der Waals surface area contributed by atoms with Gasteiger partial charge >= 0.3 is 0 Å². The molecular weight excluding hydrogens is 877 g/mol. The van der Waals surface area contributed by atoms with Gasteiger partial charge in [-0.25, -0.2) is 4.98 Å². The number of likely N-dealkylation sites (N-methyl/N-ethyl adjacent to an activating group) is 1. The number of methoxy groups -OCH3 is 1. The van der Waals surface area contributed by atoms with Crippen LogP contribution in [0.2, 0.25) is 5.02 Å². The van der Waals surface area contributed by atoms with Crippen LogP contribution in [-0.4, -0.2) is 129 Å². The van der Waals surface area contributed by atoms with Gasteiger partial charge in [0.2, 0.25) is 23.7 Å². The molecule has 342 valence electrons. The molecule has 2 aliphatic heterocycles. The Labute approximate surface area is 382 Å². The minimum absolute atomic E-state index is 0.0368. The van der Waals surface area contributed by atoms with Crippen molar-refractivity contribution in [3.63, 3.8) is 0 Å². The number of aromatic nitrogens is 2. The van der Waals surface area contributed by atoms with Crippen LogP contribution >= 0.6 is 18.7 Å². The SMILES string of the molecule is COc1cc(CCN(C)C(=O)CCOCCOCCOCC#Cc2cccc3c2C(=O)N(C2CCC(=O)NC2=O)C3=O)c(C)cc1Nc1ncc(Cl)c(Nc2ccccc2P(C)(C)=O)n1. The fourth-order valence-electron chi connectivity index (χ4n) is 7.15. The summed E-state index contributed by atoms with van der Waals surface area (Å²) in [4.78, 5) is 74.5. The van der Waals surface area contributed by atoms with E-state index in [2.05, 4.69) is 37.8 Å². The summed E-state index contributed by atoms with van der Waals surface area (Å²) >= 11 is 6.45. The standard InChI is InChI=1S/C46H51ClN7O10P/c1-29-26-35(50-46-48-28-33(47)42(52-46)49-34-13-6-7-14-38(34)65(4,5)60)37(61-3)27-31(29)17-19-53(2)40(56)18-21-63-23-25-64-24-22-62-20-9-11-30-10-8-12-32-41(30)45(59)54(44(32)58)36-15-16-39(55)51-43(36)57/h6-8,10,12-14,26-28,36H,15-25H2,1-5H3,(H,51,55,57)(H2,48,49,50,52). The Morgan fingerprint density at radius 2 is 1.71 bits per heavy atom. The molecule has 0 spiro atoms. The van der Waals surface area contributed by atoms with Crippen LogP contribution in [-0.2, 0) is 39.6 Å². The summed E-state index contributed by atoms with van der Waals surface area (Å²) in [6, 6.07) is 14.9. The van der Waals surface area contributed by atoms with Crippen molar-refractivity contribution in [1.82, 2.24) is 25.1 Å². The summed E-state index contributed by atoms with van der Waals surface area (Å²) in [6.45, 7) is 7.31. The van der Waals surface area contributed by atoms with E-state index in [9.17, 15) is 28.5 Å². The Kier molecular flexibility index (Phi) is 16.5. The van der Waals surface area contributed by atoms with E-state index < -0.39 is 36.8 Å². The molecule has 19 heteroatoms. The maximum Gasteiger partial charge on any atom is 0.263 e. The van der Waals surface area contributed by atoms with E-state index in [-0.39, 0.29) is 68.7 Å². The first-order valence-corrected chi connectivity index (χ1v) is 23.8. The van der Waals surface area contributed by atoms with E-state index >= 15 is 0 Å². The number of ether oxygens (including phenoxy) is 4. The van der Waals surface area contributed by atoms with Crippen LogP contribution in [0.5, 0.6) is 5.75 Å². The second-order valence-electron chi connectivity index (χ2n) is 15.6. The van der Waals surface area contributed by atoms with Crippen molar-refractivity contribution in [2.24, 2.45) is 0 Å². The Morgan fingerprint density at radius 3 is 2.45 bits per heavy atom. The topological polar surface area (TPSA) is 208 Å². The van der Waals surface area contributed by atoms with Crippen molar-refractivity contribution in [3.8, 4) is 17.6 Å². The summed E-state index contributed by atoms with van der Waals surface area (Å²) in [5.41, 5.74) is 3.90. The number of aryl methyl sites for hydroxylation is 1. The van der Waals surface area contributed by atoms with Crippen LogP contribution in [0.1, 0.15) is 56.7 Å². The van der Waals surface area contributed by atoms with Crippen LogP contribution < -0.4 is 26.0 Å². The third-order valence-electron chi connectivity index (χ3n) is 10.6. The third-order valence-corrected chi connectivity index (χ3v) is 12.4. The Bertz CT molecular complexity index is 2570. The first-order valence-electron chi connectivity index (χ1n) is 20.9. The quantitative estimate of drug-likeness (QED) is 0.0458. The van der Waals surface area contributed by atoms with Gasteiger partial charge in [0.1, 0.15) is 30.6 Å². The Hall–Kier alpha value is -6.15. The minimum atomic E-state index is -2.58. The lowest BCUT2D eigenvalue weighted by Crippen LogP contribution is -2.54. The number of hydrogen-bond acceptors (Lipinski definition) is 14. The van der Waals surface area contributed by atoms with E-state index in [1.165, 1.54) is 12.3 Å². The van der Waals surface area contributed by atoms with Crippen molar-refractivity contribution in [2.75, 3.05) is 84.3 Å². The molecule has 0 bridgehead atoms. The first kappa shape index (κ1) is 48.3. The molecular formula is C46H51ClN7O10P. The fraction of sp³-hybridized carbons (Fsp3) is 0.370. The number of benzene rings is 3. The average Bonchev–Trinajstić information content (AvgIpc) is 3.53. The van der Waals surface area contributed by atoms with Gasteiger partial charge in [-0.15, -0.1) is 0 Å². The number of nitrogens with one attached hydrogen (secondary N) is 3. The van der Waals surface area contributed by atoms with E-state index in [1.54, 1.807) is 44.5 Å². The molecule has 3 aromatic carbocycles. The Balaban J connectivity index is 0.869. The number of fused-ring (bicyclic) bond motifs is 1. The maximum atomic E-state index is 13.2. The van der Waals surface area contributed by atoms with Crippen LogP contribution in [0, 0.1) is 18.8 Å². The number of imide groups is 2. The van der Waals surface area contributed by atoms with E-state index in [0.717, 1.165) is 16.0 Å². The van der Waals surface area contributed by atoms with E-state index in [0.29, 0.717) is 65.0 Å². The molecule has 5 amide bonds. The zero-order chi connectivity index (χ0) is 46.7. The molecule has 17 nitrogen and oxygen atoms in total. The zero-order valence-corrected chi connectivity index (χ0v) is 38.5. The Morgan fingerprint density at radius 1 is 0.969 bits per heavy atom. The molecule has 3 N–H and O–H groups in total. The van der Waals surface area contributed by atoms with Gasteiger partial charge in [0, 0.05) is 30.9 Å². The lowest BCUT2D eigenvalue weighted by molar-refractivity contribution is -0.136. The molecule has 1 aromatic heterocycles. The molecule has 3 heterocycles. The summed E-state index contributed by atoms with van der Waals surface area (Å²) in [5.74, 6) is 4.54. The van der Waals surface area contributed by atoms with Crippen molar-refractivity contribution in [1.29, 1.82) is 0 Å². The van der Waals surface area contributed by atoms with Crippen LogP contribution in [0.4, 0.5) is 23.1 Å². The average molecular weight is 928 g/mol. The molecule has 1 saturated heterocycles. The number of carbonyl (C=O) groups excluding carboxylic acids is 5. The highest BCUT2D eigenvalue weighted by Gasteiger charge is 2.45. The van der Waals surface area contributed by atoms with Gasteiger partial charge in [0.25, 0.3) is 11.8 Å². The summed E-state index contributed by atoms with van der Waals surface area (Å²) in [6.07, 6.45) is 2.39. The highest BCUT2D eigenvalue weighted by molar-refractivity contribution is 7.70. The monoisotopic (exact) mass is 927 g/mol. The van der Waals surface area contributed by atoms with Crippen molar-refractivity contribution < 1.29 is 47.5 Å². The molecule has 65 heavy (non-hydrogen) atoms.